The van der Waals surface area contributed by atoms with E-state index in [9.17, 15) is 14.3 Å². The van der Waals surface area contributed by atoms with Gasteiger partial charge in [-0.1, -0.05) is 6.92 Å². The standard InChI is InChI=1S/C16H25FN2O2/c1-6-7-19(10-16(21)18(4)5)15-8-11(2)14(17)9-13(15)12(3)20/h8-9,12,20H,6-7,10H2,1-5H3/t12-/m1/s1. The lowest BCUT2D eigenvalue weighted by atomic mass is 10.0. The van der Waals surface area contributed by atoms with Crippen LogP contribution in [0.3, 0.4) is 0 Å². The number of aliphatic hydroxyl groups excluding tert-OH is 1. The molecule has 0 aliphatic heterocycles. The molecule has 1 N–H and O–H groups in total. The molecule has 0 aliphatic carbocycles. The molecule has 0 radical (unpaired) electrons. The summed E-state index contributed by atoms with van der Waals surface area (Å²) >= 11 is 0. The van der Waals surface area contributed by atoms with Crippen LogP contribution in [0.2, 0.25) is 0 Å². The first-order valence-electron chi connectivity index (χ1n) is 7.21. The largest absolute Gasteiger partial charge is 0.389 e. The molecule has 1 aromatic rings. The van der Waals surface area contributed by atoms with E-state index in [-0.39, 0.29) is 18.3 Å². The summed E-state index contributed by atoms with van der Waals surface area (Å²) in [6.45, 7) is 6.19. The second-order valence-electron chi connectivity index (χ2n) is 5.55. The maximum absolute atomic E-state index is 13.8. The molecule has 0 aromatic heterocycles. The van der Waals surface area contributed by atoms with Crippen molar-refractivity contribution in [1.82, 2.24) is 4.90 Å². The lowest BCUT2D eigenvalue weighted by molar-refractivity contribution is -0.127. The molecule has 4 nitrogen and oxygen atoms in total. The number of likely N-dealkylation sites (N-methyl/N-ethyl adjacent to an activating group) is 1. The third-order valence-corrected chi connectivity index (χ3v) is 3.42. The van der Waals surface area contributed by atoms with Crippen LogP contribution in [0.15, 0.2) is 12.1 Å². The molecule has 21 heavy (non-hydrogen) atoms. The highest BCUT2D eigenvalue weighted by Crippen LogP contribution is 2.29. The normalized spacial score (nSPS) is 12.1. The zero-order valence-corrected chi connectivity index (χ0v) is 13.5. The van der Waals surface area contributed by atoms with Crippen molar-refractivity contribution in [1.29, 1.82) is 0 Å². The third-order valence-electron chi connectivity index (χ3n) is 3.42. The number of nitrogens with zero attached hydrogens (tertiary/aromatic N) is 2. The van der Waals surface area contributed by atoms with Gasteiger partial charge in [0.15, 0.2) is 0 Å². The highest BCUT2D eigenvalue weighted by molar-refractivity contribution is 5.81. The average molecular weight is 296 g/mol. The Labute approximate surface area is 126 Å². The number of hydrogen-bond acceptors (Lipinski definition) is 3. The number of anilines is 1. The Morgan fingerprint density at radius 2 is 2.00 bits per heavy atom. The number of hydrogen-bond donors (Lipinski definition) is 1. The number of carbonyl (C=O) groups is 1. The molecule has 0 fully saturated rings. The van der Waals surface area contributed by atoms with Gasteiger partial charge >= 0.3 is 0 Å². The summed E-state index contributed by atoms with van der Waals surface area (Å²) in [5.41, 5.74) is 1.74. The van der Waals surface area contributed by atoms with Gasteiger partial charge in [0, 0.05) is 31.9 Å². The maximum atomic E-state index is 13.8. The van der Waals surface area contributed by atoms with E-state index in [2.05, 4.69) is 0 Å². The van der Waals surface area contributed by atoms with Crippen LogP contribution in [0, 0.1) is 12.7 Å². The van der Waals surface area contributed by atoms with Crippen molar-refractivity contribution < 1.29 is 14.3 Å². The highest BCUT2D eigenvalue weighted by atomic mass is 19.1. The van der Waals surface area contributed by atoms with Gasteiger partial charge < -0.3 is 14.9 Å². The molecule has 0 spiro atoms. The van der Waals surface area contributed by atoms with E-state index in [4.69, 9.17) is 0 Å². The zero-order valence-electron chi connectivity index (χ0n) is 13.5. The van der Waals surface area contributed by atoms with Crippen LogP contribution in [-0.2, 0) is 4.79 Å². The first-order chi connectivity index (χ1) is 9.77. The lowest BCUT2D eigenvalue weighted by Gasteiger charge is -2.28. The number of amides is 1. The van der Waals surface area contributed by atoms with Gasteiger partial charge in [0.1, 0.15) is 5.82 Å². The molecule has 0 bridgehead atoms. The molecule has 0 heterocycles. The Kier molecular flexibility index (Phi) is 6.15. The van der Waals surface area contributed by atoms with E-state index >= 15 is 0 Å². The Morgan fingerprint density at radius 1 is 1.38 bits per heavy atom. The molecule has 0 unspecified atom stereocenters. The van der Waals surface area contributed by atoms with Crippen molar-refractivity contribution in [3.8, 4) is 0 Å². The number of benzene rings is 1. The second kappa shape index (κ2) is 7.41. The summed E-state index contributed by atoms with van der Waals surface area (Å²) < 4.78 is 13.8. The van der Waals surface area contributed by atoms with Gasteiger partial charge in [-0.3, -0.25) is 4.79 Å². The Bertz CT molecular complexity index is 501. The van der Waals surface area contributed by atoms with Crippen molar-refractivity contribution in [2.24, 2.45) is 0 Å². The number of carbonyl (C=O) groups excluding carboxylic acids is 1. The van der Waals surface area contributed by atoms with Gasteiger partial charge in [0.05, 0.1) is 12.6 Å². The van der Waals surface area contributed by atoms with E-state index in [1.807, 2.05) is 11.8 Å². The van der Waals surface area contributed by atoms with Gasteiger partial charge in [-0.15, -0.1) is 0 Å². The lowest BCUT2D eigenvalue weighted by Crippen LogP contribution is -2.37. The molecule has 1 aromatic carbocycles. The average Bonchev–Trinajstić information content (AvgIpc) is 2.40. The molecule has 1 amide bonds. The van der Waals surface area contributed by atoms with E-state index in [0.29, 0.717) is 17.7 Å². The Balaban J connectivity index is 3.23. The number of halogens is 1. The molecule has 0 saturated carbocycles. The fraction of sp³-hybridized carbons (Fsp3) is 0.562. The first-order valence-corrected chi connectivity index (χ1v) is 7.21. The van der Waals surface area contributed by atoms with Crippen LogP contribution in [0.4, 0.5) is 10.1 Å². The van der Waals surface area contributed by atoms with E-state index in [1.165, 1.54) is 11.0 Å². The van der Waals surface area contributed by atoms with Gasteiger partial charge in [-0.2, -0.15) is 0 Å². The first kappa shape index (κ1) is 17.4. The topological polar surface area (TPSA) is 43.8 Å². The van der Waals surface area contributed by atoms with E-state index in [1.54, 1.807) is 34.0 Å². The minimum Gasteiger partial charge on any atom is -0.389 e. The van der Waals surface area contributed by atoms with Crippen LogP contribution >= 0.6 is 0 Å². The van der Waals surface area contributed by atoms with Gasteiger partial charge in [-0.05, 0) is 38.0 Å². The molecular formula is C16H25FN2O2. The van der Waals surface area contributed by atoms with Crippen molar-refractivity contribution in [2.75, 3.05) is 32.1 Å². The molecule has 118 valence electrons. The maximum Gasteiger partial charge on any atom is 0.241 e. The smallest absolute Gasteiger partial charge is 0.241 e. The minimum atomic E-state index is -0.788. The summed E-state index contributed by atoms with van der Waals surface area (Å²) in [5, 5.41) is 9.89. The SMILES string of the molecule is CCCN(CC(=O)N(C)C)c1cc(C)c(F)cc1[C@@H](C)O. The summed E-state index contributed by atoms with van der Waals surface area (Å²) in [5.74, 6) is -0.369. The Morgan fingerprint density at radius 3 is 2.48 bits per heavy atom. The molecule has 1 rings (SSSR count). The van der Waals surface area contributed by atoms with E-state index in [0.717, 1.165) is 12.1 Å². The predicted molar refractivity (Wildman–Crippen MR) is 83.0 cm³/mol. The van der Waals surface area contributed by atoms with Crippen molar-refractivity contribution in [3.05, 3.63) is 29.1 Å². The summed E-state index contributed by atoms with van der Waals surface area (Å²) in [7, 11) is 3.41. The van der Waals surface area contributed by atoms with Crippen LogP contribution < -0.4 is 4.90 Å². The fourth-order valence-electron chi connectivity index (χ4n) is 2.15. The van der Waals surface area contributed by atoms with Gasteiger partial charge in [0.25, 0.3) is 0 Å². The second-order valence-corrected chi connectivity index (χ2v) is 5.55. The monoisotopic (exact) mass is 296 g/mol. The summed E-state index contributed by atoms with van der Waals surface area (Å²) in [4.78, 5) is 15.4. The van der Waals surface area contributed by atoms with Crippen LogP contribution in [-0.4, -0.2) is 43.1 Å². The number of rotatable bonds is 6. The molecule has 0 saturated heterocycles. The molecule has 1 atom stereocenters. The molecular weight excluding hydrogens is 271 g/mol. The summed E-state index contributed by atoms with van der Waals surface area (Å²) in [6, 6.07) is 3.06. The zero-order chi connectivity index (χ0) is 16.2. The number of aliphatic hydroxyl groups is 1. The van der Waals surface area contributed by atoms with Crippen molar-refractivity contribution in [3.63, 3.8) is 0 Å². The van der Waals surface area contributed by atoms with Gasteiger partial charge in [-0.25, -0.2) is 4.39 Å². The quantitative estimate of drug-likeness (QED) is 0.877. The van der Waals surface area contributed by atoms with Crippen molar-refractivity contribution in [2.45, 2.75) is 33.3 Å². The Hall–Kier alpha value is -1.62. The van der Waals surface area contributed by atoms with Crippen LogP contribution in [0.1, 0.15) is 37.5 Å². The van der Waals surface area contributed by atoms with Gasteiger partial charge in [0.2, 0.25) is 5.91 Å². The number of aryl methyl sites for hydroxylation is 1. The van der Waals surface area contributed by atoms with E-state index < -0.39 is 6.10 Å². The minimum absolute atomic E-state index is 0.0260. The van der Waals surface area contributed by atoms with Crippen molar-refractivity contribution >= 4 is 11.6 Å². The third kappa shape index (κ3) is 4.43. The predicted octanol–water partition coefficient (Wildman–Crippen LogP) is 2.49. The molecule has 5 heteroatoms. The summed E-state index contributed by atoms with van der Waals surface area (Å²) in [6.07, 6.45) is 0.0695. The highest BCUT2D eigenvalue weighted by Gasteiger charge is 2.19. The van der Waals surface area contributed by atoms with Crippen LogP contribution in [0.5, 0.6) is 0 Å². The molecule has 0 aliphatic rings. The van der Waals surface area contributed by atoms with Crippen LogP contribution in [0.25, 0.3) is 0 Å². The fourth-order valence-corrected chi connectivity index (χ4v) is 2.15.